The molecule has 2 rings (SSSR count). The molecule has 2 aliphatic rings. The average Bonchev–Trinajstić information content (AvgIpc) is 2.49. The molecule has 20 heavy (non-hydrogen) atoms. The molecule has 1 heterocycles. The molecule has 0 aromatic heterocycles. The van der Waals surface area contributed by atoms with E-state index < -0.39 is 0 Å². The van der Waals surface area contributed by atoms with Crippen molar-refractivity contribution in [2.75, 3.05) is 13.2 Å². The molecule has 2 atom stereocenters. The van der Waals surface area contributed by atoms with Gasteiger partial charge in [0, 0.05) is 12.5 Å². The van der Waals surface area contributed by atoms with Gasteiger partial charge in [0.1, 0.15) is 6.29 Å². The highest BCUT2D eigenvalue weighted by atomic mass is 16.5. The standard InChI is InChI=1S/C18H26O2/c1-15(10-11-19)5-2-6-16-7-3-8-17(13-16)18-9-4-12-20-14-18/h2,5,10-11,13,16,18H,3-4,6-9,12,14H2,1H3/b5-2+,15-10+. The number of carbonyl (C=O) groups excluding carboxylic acids is 1. The molecule has 1 aliphatic heterocycles. The minimum Gasteiger partial charge on any atom is -0.381 e. The van der Waals surface area contributed by atoms with Crippen LogP contribution in [0.1, 0.15) is 45.4 Å². The monoisotopic (exact) mass is 274 g/mol. The average molecular weight is 274 g/mol. The predicted molar refractivity (Wildman–Crippen MR) is 82.5 cm³/mol. The molecule has 0 spiro atoms. The van der Waals surface area contributed by atoms with Gasteiger partial charge in [-0.3, -0.25) is 4.79 Å². The second-order valence-electron chi connectivity index (χ2n) is 5.99. The Balaban J connectivity index is 1.88. The topological polar surface area (TPSA) is 26.3 Å². The first kappa shape index (κ1) is 15.2. The van der Waals surface area contributed by atoms with Crippen molar-refractivity contribution in [3.05, 3.63) is 35.5 Å². The van der Waals surface area contributed by atoms with E-state index in [1.165, 1.54) is 32.1 Å². The van der Waals surface area contributed by atoms with Crippen molar-refractivity contribution in [2.24, 2.45) is 11.8 Å². The second-order valence-corrected chi connectivity index (χ2v) is 5.99. The van der Waals surface area contributed by atoms with Gasteiger partial charge in [0.15, 0.2) is 0 Å². The lowest BCUT2D eigenvalue weighted by atomic mass is 9.81. The van der Waals surface area contributed by atoms with Crippen molar-refractivity contribution in [3.63, 3.8) is 0 Å². The van der Waals surface area contributed by atoms with E-state index in [1.54, 1.807) is 11.6 Å². The lowest BCUT2D eigenvalue weighted by Gasteiger charge is -2.29. The Morgan fingerprint density at radius 2 is 2.30 bits per heavy atom. The summed E-state index contributed by atoms with van der Waals surface area (Å²) in [5.74, 6) is 1.34. The van der Waals surface area contributed by atoms with Crippen LogP contribution in [-0.4, -0.2) is 19.5 Å². The van der Waals surface area contributed by atoms with Gasteiger partial charge in [-0.25, -0.2) is 0 Å². The van der Waals surface area contributed by atoms with Gasteiger partial charge in [-0.05, 0) is 63.0 Å². The lowest BCUT2D eigenvalue weighted by Crippen LogP contribution is -2.21. The summed E-state index contributed by atoms with van der Waals surface area (Å²) in [6, 6.07) is 0. The summed E-state index contributed by atoms with van der Waals surface area (Å²) in [4.78, 5) is 10.4. The van der Waals surface area contributed by atoms with Crippen molar-refractivity contribution in [3.8, 4) is 0 Å². The fourth-order valence-corrected chi connectivity index (χ4v) is 3.19. The molecule has 0 bridgehead atoms. The molecule has 2 unspecified atom stereocenters. The number of hydrogen-bond acceptors (Lipinski definition) is 2. The van der Waals surface area contributed by atoms with Crippen LogP contribution < -0.4 is 0 Å². The summed E-state index contributed by atoms with van der Waals surface area (Å²) >= 11 is 0. The zero-order valence-corrected chi connectivity index (χ0v) is 12.5. The molecule has 0 N–H and O–H groups in total. The molecular weight excluding hydrogens is 248 g/mol. The van der Waals surface area contributed by atoms with Crippen LogP contribution in [0, 0.1) is 11.8 Å². The van der Waals surface area contributed by atoms with Crippen molar-refractivity contribution in [2.45, 2.75) is 45.4 Å². The molecule has 0 aromatic carbocycles. The number of ether oxygens (including phenoxy) is 1. The van der Waals surface area contributed by atoms with E-state index in [1.807, 2.05) is 6.92 Å². The van der Waals surface area contributed by atoms with Crippen LogP contribution in [0.5, 0.6) is 0 Å². The minimum absolute atomic E-state index is 0.668. The van der Waals surface area contributed by atoms with Gasteiger partial charge in [-0.2, -0.15) is 0 Å². The SMILES string of the molecule is CC(/C=C/CC1C=C(C2CCCOC2)CCC1)=C\C=O. The molecule has 2 heteroatoms. The predicted octanol–water partition coefficient (Wildman–Crippen LogP) is 4.23. The molecule has 0 radical (unpaired) electrons. The highest BCUT2D eigenvalue weighted by molar-refractivity contribution is 5.66. The second kappa shape index (κ2) is 8.21. The molecular formula is C18H26O2. The summed E-state index contributed by atoms with van der Waals surface area (Å²) in [6.45, 7) is 3.83. The van der Waals surface area contributed by atoms with Gasteiger partial charge < -0.3 is 4.74 Å². The van der Waals surface area contributed by atoms with Crippen molar-refractivity contribution < 1.29 is 9.53 Å². The number of carbonyl (C=O) groups is 1. The summed E-state index contributed by atoms with van der Waals surface area (Å²) in [7, 11) is 0. The van der Waals surface area contributed by atoms with Crippen LogP contribution in [0.3, 0.4) is 0 Å². The Morgan fingerprint density at radius 1 is 1.40 bits per heavy atom. The van der Waals surface area contributed by atoms with E-state index in [0.717, 1.165) is 31.5 Å². The van der Waals surface area contributed by atoms with Crippen molar-refractivity contribution in [1.29, 1.82) is 0 Å². The molecule has 1 fully saturated rings. The Hall–Kier alpha value is -1.15. The smallest absolute Gasteiger partial charge is 0.143 e. The zero-order chi connectivity index (χ0) is 14.2. The Kier molecular flexibility index (Phi) is 6.25. The van der Waals surface area contributed by atoms with Gasteiger partial charge in [-0.15, -0.1) is 0 Å². The maximum absolute atomic E-state index is 10.4. The van der Waals surface area contributed by atoms with E-state index in [2.05, 4.69) is 18.2 Å². The van der Waals surface area contributed by atoms with Crippen LogP contribution in [0.2, 0.25) is 0 Å². The Morgan fingerprint density at radius 3 is 3.05 bits per heavy atom. The molecule has 1 saturated heterocycles. The van der Waals surface area contributed by atoms with Crippen LogP contribution in [0.25, 0.3) is 0 Å². The summed E-state index contributed by atoms with van der Waals surface area (Å²) in [5.41, 5.74) is 2.66. The summed E-state index contributed by atoms with van der Waals surface area (Å²) in [5, 5.41) is 0. The Bertz CT molecular complexity index is 398. The third-order valence-corrected chi connectivity index (χ3v) is 4.33. The number of aldehydes is 1. The molecule has 1 aliphatic carbocycles. The highest BCUT2D eigenvalue weighted by Gasteiger charge is 2.22. The summed E-state index contributed by atoms with van der Waals surface area (Å²) < 4.78 is 5.61. The molecule has 2 nitrogen and oxygen atoms in total. The first-order valence-electron chi connectivity index (χ1n) is 7.86. The zero-order valence-electron chi connectivity index (χ0n) is 12.5. The molecule has 110 valence electrons. The molecule has 0 amide bonds. The number of rotatable bonds is 5. The fourth-order valence-electron chi connectivity index (χ4n) is 3.19. The van der Waals surface area contributed by atoms with Gasteiger partial charge in [0.05, 0.1) is 6.61 Å². The molecule has 0 saturated carbocycles. The van der Waals surface area contributed by atoms with E-state index in [9.17, 15) is 4.79 Å². The number of allylic oxidation sites excluding steroid dienone is 5. The third kappa shape index (κ3) is 4.75. The van der Waals surface area contributed by atoms with E-state index in [4.69, 9.17) is 4.74 Å². The maximum atomic E-state index is 10.4. The van der Waals surface area contributed by atoms with Gasteiger partial charge in [-0.1, -0.05) is 23.8 Å². The quantitative estimate of drug-likeness (QED) is 0.324. The van der Waals surface area contributed by atoms with E-state index >= 15 is 0 Å². The van der Waals surface area contributed by atoms with E-state index in [0.29, 0.717) is 11.8 Å². The van der Waals surface area contributed by atoms with Crippen LogP contribution in [0.15, 0.2) is 35.5 Å². The first-order valence-corrected chi connectivity index (χ1v) is 7.86. The maximum Gasteiger partial charge on any atom is 0.143 e. The largest absolute Gasteiger partial charge is 0.381 e. The van der Waals surface area contributed by atoms with Gasteiger partial charge in [0.2, 0.25) is 0 Å². The van der Waals surface area contributed by atoms with Crippen molar-refractivity contribution >= 4 is 6.29 Å². The van der Waals surface area contributed by atoms with Crippen LogP contribution in [0.4, 0.5) is 0 Å². The van der Waals surface area contributed by atoms with Crippen molar-refractivity contribution in [1.82, 2.24) is 0 Å². The third-order valence-electron chi connectivity index (χ3n) is 4.33. The lowest BCUT2D eigenvalue weighted by molar-refractivity contribution is -0.104. The first-order chi connectivity index (χ1) is 9.79. The van der Waals surface area contributed by atoms with E-state index in [-0.39, 0.29) is 0 Å². The minimum atomic E-state index is 0.668. The number of hydrogen-bond donors (Lipinski definition) is 0. The summed E-state index contributed by atoms with van der Waals surface area (Å²) in [6.07, 6.45) is 16.7. The molecule has 0 aromatic rings. The Labute approximate surface area is 122 Å². The highest BCUT2D eigenvalue weighted by Crippen LogP contribution is 2.33. The van der Waals surface area contributed by atoms with Crippen LogP contribution >= 0.6 is 0 Å². The fraction of sp³-hybridized carbons (Fsp3) is 0.611. The van der Waals surface area contributed by atoms with Gasteiger partial charge >= 0.3 is 0 Å². The normalized spacial score (nSPS) is 28.4. The van der Waals surface area contributed by atoms with Crippen LogP contribution in [-0.2, 0) is 9.53 Å². The van der Waals surface area contributed by atoms with Gasteiger partial charge in [0.25, 0.3) is 0 Å².